The van der Waals surface area contributed by atoms with Gasteiger partial charge in [0.25, 0.3) is 0 Å². The second-order valence-corrected chi connectivity index (χ2v) is 3.64. The number of imidazole rings is 1. The van der Waals surface area contributed by atoms with Crippen molar-refractivity contribution in [3.05, 3.63) is 37.3 Å². The first kappa shape index (κ1) is 10.6. The molecule has 0 amide bonds. The van der Waals surface area contributed by atoms with E-state index >= 15 is 0 Å². The highest BCUT2D eigenvalue weighted by molar-refractivity contribution is 5.33. The van der Waals surface area contributed by atoms with E-state index in [0.29, 0.717) is 0 Å². The highest BCUT2D eigenvalue weighted by atomic mass is 15.2. The summed E-state index contributed by atoms with van der Waals surface area (Å²) < 4.78 is 2.07. The molecule has 0 aliphatic rings. The maximum atomic E-state index is 4.24. The SMILES string of the molecule is CN(CCCn1ccnc1)c1cnccn1. The second-order valence-electron chi connectivity index (χ2n) is 3.64. The fourth-order valence-electron chi connectivity index (χ4n) is 1.51. The molecule has 2 aromatic rings. The molecule has 0 aliphatic carbocycles. The van der Waals surface area contributed by atoms with Gasteiger partial charge in [-0.05, 0) is 6.42 Å². The molecule has 2 aromatic heterocycles. The molecule has 2 heterocycles. The normalized spacial score (nSPS) is 10.3. The maximum Gasteiger partial charge on any atom is 0.146 e. The Kier molecular flexibility index (Phi) is 3.48. The van der Waals surface area contributed by atoms with Crippen molar-refractivity contribution < 1.29 is 0 Å². The van der Waals surface area contributed by atoms with E-state index in [2.05, 4.69) is 24.4 Å². The molecule has 0 saturated carbocycles. The van der Waals surface area contributed by atoms with Gasteiger partial charge in [0, 0.05) is 44.9 Å². The van der Waals surface area contributed by atoms with Gasteiger partial charge in [0.1, 0.15) is 5.82 Å². The van der Waals surface area contributed by atoms with Gasteiger partial charge in [-0.3, -0.25) is 4.98 Å². The maximum absolute atomic E-state index is 4.24. The number of anilines is 1. The fourth-order valence-corrected chi connectivity index (χ4v) is 1.51. The van der Waals surface area contributed by atoms with Gasteiger partial charge in [0.15, 0.2) is 0 Å². The van der Waals surface area contributed by atoms with Crippen molar-refractivity contribution in [1.82, 2.24) is 19.5 Å². The van der Waals surface area contributed by atoms with E-state index in [-0.39, 0.29) is 0 Å². The van der Waals surface area contributed by atoms with Gasteiger partial charge in [-0.25, -0.2) is 9.97 Å². The Labute approximate surface area is 94.8 Å². The summed E-state index contributed by atoms with van der Waals surface area (Å²) in [5.74, 6) is 0.910. The summed E-state index contributed by atoms with van der Waals surface area (Å²) in [4.78, 5) is 14.4. The summed E-state index contributed by atoms with van der Waals surface area (Å²) in [7, 11) is 2.03. The first-order chi connectivity index (χ1) is 7.86. The van der Waals surface area contributed by atoms with Crippen LogP contribution in [0.1, 0.15) is 6.42 Å². The standard InChI is InChI=1S/C11H15N5/c1-15(11-9-12-3-4-14-11)6-2-7-16-8-5-13-10-16/h3-5,8-10H,2,6-7H2,1H3. The van der Waals surface area contributed by atoms with Gasteiger partial charge in [0.2, 0.25) is 0 Å². The molecule has 0 spiro atoms. The van der Waals surface area contributed by atoms with Crippen molar-refractivity contribution in [3.63, 3.8) is 0 Å². The van der Waals surface area contributed by atoms with Crippen molar-refractivity contribution in [3.8, 4) is 0 Å². The summed E-state index contributed by atoms with van der Waals surface area (Å²) in [5.41, 5.74) is 0. The molecule has 84 valence electrons. The van der Waals surface area contributed by atoms with Crippen LogP contribution in [0.15, 0.2) is 37.3 Å². The first-order valence-electron chi connectivity index (χ1n) is 5.29. The van der Waals surface area contributed by atoms with E-state index in [0.717, 1.165) is 25.3 Å². The summed E-state index contributed by atoms with van der Waals surface area (Å²) in [6, 6.07) is 0. The Hall–Kier alpha value is -1.91. The van der Waals surface area contributed by atoms with E-state index in [9.17, 15) is 0 Å². The minimum Gasteiger partial charge on any atom is -0.358 e. The third-order valence-electron chi connectivity index (χ3n) is 2.41. The third-order valence-corrected chi connectivity index (χ3v) is 2.41. The predicted molar refractivity (Wildman–Crippen MR) is 62.1 cm³/mol. The van der Waals surface area contributed by atoms with Crippen molar-refractivity contribution in [2.45, 2.75) is 13.0 Å². The quantitative estimate of drug-likeness (QED) is 0.755. The third kappa shape index (κ3) is 2.79. The smallest absolute Gasteiger partial charge is 0.146 e. The van der Waals surface area contributed by atoms with E-state index in [1.165, 1.54) is 0 Å². The first-order valence-corrected chi connectivity index (χ1v) is 5.29. The van der Waals surface area contributed by atoms with Crippen LogP contribution in [-0.4, -0.2) is 33.1 Å². The van der Waals surface area contributed by atoms with Gasteiger partial charge < -0.3 is 9.47 Å². The zero-order valence-corrected chi connectivity index (χ0v) is 9.32. The zero-order chi connectivity index (χ0) is 11.2. The molecule has 0 bridgehead atoms. The number of rotatable bonds is 5. The Morgan fingerprint density at radius 1 is 1.25 bits per heavy atom. The highest BCUT2D eigenvalue weighted by Crippen LogP contribution is 2.05. The minimum absolute atomic E-state index is 0.910. The van der Waals surface area contributed by atoms with Crippen molar-refractivity contribution in [1.29, 1.82) is 0 Å². The zero-order valence-electron chi connectivity index (χ0n) is 9.32. The summed E-state index contributed by atoms with van der Waals surface area (Å²) in [5, 5.41) is 0. The van der Waals surface area contributed by atoms with Crippen LogP contribution in [-0.2, 0) is 6.54 Å². The number of hydrogen-bond acceptors (Lipinski definition) is 4. The molecule has 0 atom stereocenters. The van der Waals surface area contributed by atoms with Crippen LogP contribution in [0.25, 0.3) is 0 Å². The molecule has 5 nitrogen and oxygen atoms in total. The monoisotopic (exact) mass is 217 g/mol. The summed E-state index contributed by atoms with van der Waals surface area (Å²) in [6.45, 7) is 1.93. The lowest BCUT2D eigenvalue weighted by atomic mass is 10.4. The van der Waals surface area contributed by atoms with Crippen LogP contribution >= 0.6 is 0 Å². The van der Waals surface area contributed by atoms with Crippen molar-refractivity contribution in [2.75, 3.05) is 18.5 Å². The lowest BCUT2D eigenvalue weighted by molar-refractivity contribution is 0.635. The van der Waals surface area contributed by atoms with Gasteiger partial charge >= 0.3 is 0 Å². The lowest BCUT2D eigenvalue weighted by Crippen LogP contribution is -2.20. The number of nitrogens with zero attached hydrogens (tertiary/aromatic N) is 5. The fraction of sp³-hybridized carbons (Fsp3) is 0.364. The molecule has 0 aromatic carbocycles. The van der Waals surface area contributed by atoms with Crippen LogP contribution < -0.4 is 4.90 Å². The van der Waals surface area contributed by atoms with Gasteiger partial charge in [-0.1, -0.05) is 0 Å². The summed E-state index contributed by atoms with van der Waals surface area (Å²) in [6.07, 6.45) is 11.8. The van der Waals surface area contributed by atoms with Crippen LogP contribution in [0.2, 0.25) is 0 Å². The van der Waals surface area contributed by atoms with E-state index < -0.39 is 0 Å². The number of aromatic nitrogens is 4. The van der Waals surface area contributed by atoms with Crippen molar-refractivity contribution in [2.24, 2.45) is 0 Å². The van der Waals surface area contributed by atoms with Gasteiger partial charge in [-0.15, -0.1) is 0 Å². The molecule has 0 saturated heterocycles. The number of hydrogen-bond donors (Lipinski definition) is 0. The lowest BCUT2D eigenvalue weighted by Gasteiger charge is -2.17. The predicted octanol–water partition coefficient (Wildman–Crippen LogP) is 1.20. The molecule has 0 radical (unpaired) electrons. The Balaban J connectivity index is 1.78. The molecular formula is C11H15N5. The molecule has 5 heteroatoms. The number of aryl methyl sites for hydroxylation is 1. The molecule has 0 aliphatic heterocycles. The van der Waals surface area contributed by atoms with Crippen LogP contribution in [0.4, 0.5) is 5.82 Å². The average Bonchev–Trinajstić information content (AvgIpc) is 2.83. The molecular weight excluding hydrogens is 202 g/mol. The Morgan fingerprint density at radius 2 is 2.19 bits per heavy atom. The van der Waals surface area contributed by atoms with Gasteiger partial charge in [0.05, 0.1) is 12.5 Å². The molecule has 0 N–H and O–H groups in total. The molecule has 16 heavy (non-hydrogen) atoms. The molecule has 2 rings (SSSR count). The van der Waals surface area contributed by atoms with Crippen LogP contribution in [0, 0.1) is 0 Å². The average molecular weight is 217 g/mol. The minimum atomic E-state index is 0.910. The Bertz CT molecular complexity index is 398. The van der Waals surface area contributed by atoms with Crippen LogP contribution in [0.5, 0.6) is 0 Å². The van der Waals surface area contributed by atoms with E-state index in [4.69, 9.17) is 0 Å². The topological polar surface area (TPSA) is 46.8 Å². The second kappa shape index (κ2) is 5.25. The van der Waals surface area contributed by atoms with E-state index in [1.54, 1.807) is 24.8 Å². The summed E-state index contributed by atoms with van der Waals surface area (Å²) >= 11 is 0. The Morgan fingerprint density at radius 3 is 2.88 bits per heavy atom. The van der Waals surface area contributed by atoms with E-state index in [1.807, 2.05) is 19.6 Å². The largest absolute Gasteiger partial charge is 0.358 e. The molecule has 0 unspecified atom stereocenters. The van der Waals surface area contributed by atoms with Crippen molar-refractivity contribution >= 4 is 5.82 Å². The molecule has 0 fully saturated rings. The van der Waals surface area contributed by atoms with Gasteiger partial charge in [-0.2, -0.15) is 0 Å². The van der Waals surface area contributed by atoms with Crippen LogP contribution in [0.3, 0.4) is 0 Å². The highest BCUT2D eigenvalue weighted by Gasteiger charge is 2.01.